The highest BCUT2D eigenvalue weighted by Gasteiger charge is 2.05. The fourth-order valence-electron chi connectivity index (χ4n) is 1.78. The second kappa shape index (κ2) is 7.69. The molecule has 0 unspecified atom stereocenters. The van der Waals surface area contributed by atoms with Gasteiger partial charge in [0.25, 0.3) is 0 Å². The fraction of sp³-hybridized carbons (Fsp3) is 0.333. The minimum absolute atomic E-state index is 0.500. The van der Waals surface area contributed by atoms with Gasteiger partial charge in [0.15, 0.2) is 5.82 Å². The van der Waals surface area contributed by atoms with Gasteiger partial charge in [-0.1, -0.05) is 30.7 Å². The van der Waals surface area contributed by atoms with Gasteiger partial charge in [0.2, 0.25) is 5.95 Å². The van der Waals surface area contributed by atoms with Crippen molar-refractivity contribution in [1.29, 1.82) is 0 Å². The molecule has 1 heterocycles. The molecule has 0 saturated heterocycles. The molecule has 0 aliphatic carbocycles. The smallest absolute Gasteiger partial charge is 0.224 e. The highest BCUT2D eigenvalue weighted by molar-refractivity contribution is 6.32. The largest absolute Gasteiger partial charge is 0.497 e. The molecule has 0 atom stereocenters. The normalized spacial score (nSPS) is 10.2. The molecule has 0 saturated carbocycles. The van der Waals surface area contributed by atoms with Crippen LogP contribution in [0.3, 0.4) is 0 Å². The van der Waals surface area contributed by atoms with Crippen molar-refractivity contribution >= 4 is 23.4 Å². The molecule has 0 aliphatic rings. The molecule has 0 amide bonds. The van der Waals surface area contributed by atoms with E-state index in [0.717, 1.165) is 24.3 Å². The van der Waals surface area contributed by atoms with Crippen molar-refractivity contribution in [2.24, 2.45) is 0 Å². The van der Waals surface area contributed by atoms with E-state index >= 15 is 0 Å². The number of ether oxygens (including phenoxy) is 1. The Morgan fingerprint density at radius 2 is 2.14 bits per heavy atom. The first-order valence-electron chi connectivity index (χ1n) is 6.86. The number of rotatable bonds is 7. The minimum Gasteiger partial charge on any atom is -0.497 e. The van der Waals surface area contributed by atoms with Gasteiger partial charge < -0.3 is 15.4 Å². The monoisotopic (exact) mass is 306 g/mol. The number of hydrogen-bond acceptors (Lipinski definition) is 5. The summed E-state index contributed by atoms with van der Waals surface area (Å²) in [5.41, 5.74) is 1.09. The van der Waals surface area contributed by atoms with Crippen molar-refractivity contribution in [2.75, 3.05) is 24.3 Å². The van der Waals surface area contributed by atoms with E-state index in [-0.39, 0.29) is 0 Å². The van der Waals surface area contributed by atoms with Crippen LogP contribution in [0.1, 0.15) is 18.9 Å². The average Bonchev–Trinajstić information content (AvgIpc) is 2.53. The molecular weight excluding hydrogens is 288 g/mol. The molecule has 1 aromatic heterocycles. The fourth-order valence-corrected chi connectivity index (χ4v) is 1.94. The number of nitrogens with zero attached hydrogens (tertiary/aromatic N) is 2. The third kappa shape index (κ3) is 4.49. The van der Waals surface area contributed by atoms with Gasteiger partial charge in [-0.25, -0.2) is 4.98 Å². The van der Waals surface area contributed by atoms with Crippen LogP contribution in [0.15, 0.2) is 30.5 Å². The highest BCUT2D eigenvalue weighted by atomic mass is 35.5. The number of nitrogens with one attached hydrogen (secondary N) is 2. The maximum absolute atomic E-state index is 6.12. The lowest BCUT2D eigenvalue weighted by atomic mass is 10.2. The van der Waals surface area contributed by atoms with Crippen LogP contribution in [0.4, 0.5) is 11.8 Å². The summed E-state index contributed by atoms with van der Waals surface area (Å²) in [6, 6.07) is 7.85. The van der Waals surface area contributed by atoms with E-state index in [1.807, 2.05) is 24.3 Å². The minimum atomic E-state index is 0.500. The standard InChI is InChI=1S/C15H19ClN4O/c1-3-7-17-15-19-10-13(16)14(20-15)18-9-11-5-4-6-12(8-11)21-2/h4-6,8,10H,3,7,9H2,1-2H3,(H2,17,18,19,20). The van der Waals surface area contributed by atoms with Crippen molar-refractivity contribution in [2.45, 2.75) is 19.9 Å². The summed E-state index contributed by atoms with van der Waals surface area (Å²) in [7, 11) is 1.65. The van der Waals surface area contributed by atoms with Crippen LogP contribution in [0.5, 0.6) is 5.75 Å². The van der Waals surface area contributed by atoms with E-state index in [9.17, 15) is 0 Å². The van der Waals surface area contributed by atoms with Crippen molar-refractivity contribution < 1.29 is 4.74 Å². The first-order valence-corrected chi connectivity index (χ1v) is 7.24. The van der Waals surface area contributed by atoms with Crippen molar-refractivity contribution in [3.8, 4) is 5.75 Å². The molecule has 0 spiro atoms. The molecule has 2 N–H and O–H groups in total. The highest BCUT2D eigenvalue weighted by Crippen LogP contribution is 2.21. The summed E-state index contributed by atoms with van der Waals surface area (Å²) < 4.78 is 5.20. The van der Waals surface area contributed by atoms with E-state index in [2.05, 4.69) is 27.5 Å². The number of methoxy groups -OCH3 is 1. The van der Waals surface area contributed by atoms with Gasteiger partial charge >= 0.3 is 0 Å². The van der Waals surface area contributed by atoms with Gasteiger partial charge in [0, 0.05) is 13.1 Å². The van der Waals surface area contributed by atoms with Gasteiger partial charge in [-0.05, 0) is 24.1 Å². The summed E-state index contributed by atoms with van der Waals surface area (Å²) in [5, 5.41) is 6.86. The number of anilines is 2. The maximum atomic E-state index is 6.12. The Labute approximate surface area is 129 Å². The Morgan fingerprint density at radius 3 is 2.90 bits per heavy atom. The molecule has 0 fully saturated rings. The van der Waals surface area contributed by atoms with E-state index in [0.29, 0.717) is 23.3 Å². The molecule has 5 nitrogen and oxygen atoms in total. The number of hydrogen-bond donors (Lipinski definition) is 2. The molecule has 1 aromatic carbocycles. The first-order chi connectivity index (χ1) is 10.2. The van der Waals surface area contributed by atoms with Crippen LogP contribution in [-0.4, -0.2) is 23.6 Å². The number of halogens is 1. The third-order valence-corrected chi connectivity index (χ3v) is 3.15. The zero-order valence-corrected chi connectivity index (χ0v) is 12.9. The Kier molecular flexibility index (Phi) is 5.63. The molecular formula is C15H19ClN4O. The van der Waals surface area contributed by atoms with Gasteiger partial charge in [-0.15, -0.1) is 0 Å². The van der Waals surface area contributed by atoms with Crippen LogP contribution in [0.25, 0.3) is 0 Å². The van der Waals surface area contributed by atoms with Gasteiger partial charge in [-0.2, -0.15) is 4.98 Å². The second-order valence-corrected chi connectivity index (χ2v) is 4.93. The SMILES string of the molecule is CCCNc1ncc(Cl)c(NCc2cccc(OC)c2)n1. The van der Waals surface area contributed by atoms with E-state index in [1.54, 1.807) is 13.3 Å². The zero-order valence-electron chi connectivity index (χ0n) is 12.2. The summed E-state index contributed by atoms with van der Waals surface area (Å²) in [6.07, 6.45) is 2.61. The van der Waals surface area contributed by atoms with E-state index in [1.165, 1.54) is 0 Å². The van der Waals surface area contributed by atoms with Crippen LogP contribution in [0, 0.1) is 0 Å². The number of aromatic nitrogens is 2. The molecule has 2 aromatic rings. The van der Waals surface area contributed by atoms with E-state index in [4.69, 9.17) is 16.3 Å². The molecule has 0 bridgehead atoms. The van der Waals surface area contributed by atoms with Crippen molar-refractivity contribution in [1.82, 2.24) is 9.97 Å². The lowest BCUT2D eigenvalue weighted by Crippen LogP contribution is -2.08. The maximum Gasteiger partial charge on any atom is 0.224 e. The van der Waals surface area contributed by atoms with Crippen molar-refractivity contribution in [3.05, 3.63) is 41.0 Å². The van der Waals surface area contributed by atoms with Gasteiger partial charge in [0.05, 0.1) is 13.3 Å². The summed E-state index contributed by atoms with van der Waals surface area (Å²) >= 11 is 6.12. The summed E-state index contributed by atoms with van der Waals surface area (Å²) in [6.45, 7) is 3.53. The molecule has 0 aliphatic heterocycles. The predicted octanol–water partition coefficient (Wildman–Crippen LogP) is 3.57. The molecule has 21 heavy (non-hydrogen) atoms. The van der Waals surface area contributed by atoms with E-state index < -0.39 is 0 Å². The topological polar surface area (TPSA) is 59.1 Å². The molecule has 2 rings (SSSR count). The van der Waals surface area contributed by atoms with Crippen LogP contribution in [0.2, 0.25) is 5.02 Å². The number of benzene rings is 1. The van der Waals surface area contributed by atoms with Gasteiger partial charge in [0.1, 0.15) is 10.8 Å². The Hall–Kier alpha value is -2.01. The first kappa shape index (κ1) is 15.4. The molecule has 6 heteroatoms. The second-order valence-electron chi connectivity index (χ2n) is 4.52. The van der Waals surface area contributed by atoms with Crippen molar-refractivity contribution in [3.63, 3.8) is 0 Å². The molecule has 112 valence electrons. The zero-order chi connectivity index (χ0) is 15.1. The Balaban J connectivity index is 2.04. The lowest BCUT2D eigenvalue weighted by molar-refractivity contribution is 0.414. The Bertz CT molecular complexity index is 592. The van der Waals surface area contributed by atoms with Crippen LogP contribution >= 0.6 is 11.6 Å². The summed E-state index contributed by atoms with van der Waals surface area (Å²) in [5.74, 6) is 2.02. The average molecular weight is 307 g/mol. The quantitative estimate of drug-likeness (QED) is 0.819. The van der Waals surface area contributed by atoms with Gasteiger partial charge in [-0.3, -0.25) is 0 Å². The lowest BCUT2D eigenvalue weighted by Gasteiger charge is -2.10. The summed E-state index contributed by atoms with van der Waals surface area (Å²) in [4.78, 5) is 8.52. The van der Waals surface area contributed by atoms with Crippen LogP contribution < -0.4 is 15.4 Å². The Morgan fingerprint density at radius 1 is 1.29 bits per heavy atom. The third-order valence-electron chi connectivity index (χ3n) is 2.87. The predicted molar refractivity (Wildman–Crippen MR) is 86.1 cm³/mol. The molecule has 0 radical (unpaired) electrons. The van der Waals surface area contributed by atoms with Crippen LogP contribution in [-0.2, 0) is 6.54 Å².